The highest BCUT2D eigenvalue weighted by Gasteiger charge is 2.42. The molecule has 1 aromatic heterocycles. The number of β-amino-alcohol motifs (C(OH)–C–C–N with tert-alkyl or cyclic N) is 1. The summed E-state index contributed by atoms with van der Waals surface area (Å²) in [6, 6.07) is 0. The van der Waals surface area contributed by atoms with Gasteiger partial charge in [-0.3, -0.25) is 9.59 Å². The molecule has 1 aliphatic heterocycles. The highest BCUT2D eigenvalue weighted by atomic mass is 16.3. The predicted molar refractivity (Wildman–Crippen MR) is 86.5 cm³/mol. The topological polar surface area (TPSA) is 119 Å². The maximum absolute atomic E-state index is 12.5. The van der Waals surface area contributed by atoms with Crippen LogP contribution < -0.4 is 10.2 Å². The number of anilines is 1. The number of amides is 2. The van der Waals surface area contributed by atoms with Gasteiger partial charge in [-0.15, -0.1) is 0 Å². The van der Waals surface area contributed by atoms with Crippen LogP contribution in [0.4, 0.5) is 5.95 Å². The molecule has 24 heavy (non-hydrogen) atoms. The van der Waals surface area contributed by atoms with Crippen molar-refractivity contribution in [1.82, 2.24) is 20.2 Å². The van der Waals surface area contributed by atoms with Crippen LogP contribution in [0.25, 0.3) is 0 Å². The number of likely N-dealkylation sites (tertiary alicyclic amines) is 1. The number of rotatable bonds is 4. The molecule has 9 heteroatoms. The van der Waals surface area contributed by atoms with Crippen molar-refractivity contribution < 1.29 is 19.8 Å². The first-order valence-electron chi connectivity index (χ1n) is 7.66. The van der Waals surface area contributed by atoms with Crippen LogP contribution >= 0.6 is 0 Å². The molecular formula is C15H23N5O4. The fourth-order valence-corrected chi connectivity index (χ4v) is 2.48. The van der Waals surface area contributed by atoms with Gasteiger partial charge in [-0.05, 0) is 6.42 Å². The van der Waals surface area contributed by atoms with Gasteiger partial charge in [-0.2, -0.15) is 0 Å². The Bertz CT molecular complexity index is 606. The molecule has 1 fully saturated rings. The van der Waals surface area contributed by atoms with Crippen LogP contribution in [0.15, 0.2) is 12.4 Å². The Hall–Kier alpha value is -2.26. The lowest BCUT2D eigenvalue weighted by Crippen LogP contribution is -2.61. The average molecular weight is 337 g/mol. The molecule has 132 valence electrons. The minimum atomic E-state index is -1.44. The number of piperidine rings is 1. The molecule has 1 saturated heterocycles. The van der Waals surface area contributed by atoms with E-state index in [1.165, 1.54) is 24.2 Å². The second-order valence-corrected chi connectivity index (χ2v) is 6.20. The van der Waals surface area contributed by atoms with Crippen LogP contribution in [-0.2, 0) is 4.79 Å². The summed E-state index contributed by atoms with van der Waals surface area (Å²) in [7, 11) is 3.60. The number of carbonyl (C=O) groups is 2. The molecule has 0 radical (unpaired) electrons. The first-order chi connectivity index (χ1) is 11.2. The summed E-state index contributed by atoms with van der Waals surface area (Å²) >= 11 is 0. The maximum atomic E-state index is 12.5. The summed E-state index contributed by atoms with van der Waals surface area (Å²) in [5, 5.41) is 23.1. The van der Waals surface area contributed by atoms with Crippen molar-refractivity contribution in [3.8, 4) is 0 Å². The Morgan fingerprint density at radius 1 is 1.42 bits per heavy atom. The summed E-state index contributed by atoms with van der Waals surface area (Å²) in [6.45, 7) is 1.53. The molecule has 1 aliphatic rings. The lowest BCUT2D eigenvalue weighted by molar-refractivity contribution is -0.127. The minimum absolute atomic E-state index is 0.0235. The zero-order valence-electron chi connectivity index (χ0n) is 14.1. The Kier molecular flexibility index (Phi) is 5.35. The molecule has 0 spiro atoms. The number of aliphatic hydroxyl groups is 2. The number of hydrogen-bond donors (Lipinski definition) is 3. The van der Waals surface area contributed by atoms with Crippen LogP contribution in [0.5, 0.6) is 0 Å². The molecule has 2 heterocycles. The molecule has 2 amide bonds. The number of nitrogens with zero attached hydrogens (tertiary/aromatic N) is 4. The van der Waals surface area contributed by atoms with E-state index in [2.05, 4.69) is 15.3 Å². The van der Waals surface area contributed by atoms with Gasteiger partial charge in [0.1, 0.15) is 11.7 Å². The third-order valence-electron chi connectivity index (χ3n) is 4.04. The molecular weight excluding hydrogens is 314 g/mol. The van der Waals surface area contributed by atoms with Gasteiger partial charge < -0.3 is 25.3 Å². The second kappa shape index (κ2) is 7.10. The summed E-state index contributed by atoms with van der Waals surface area (Å²) in [4.78, 5) is 34.8. The van der Waals surface area contributed by atoms with Crippen molar-refractivity contribution in [2.75, 3.05) is 38.6 Å². The van der Waals surface area contributed by atoms with Crippen molar-refractivity contribution >= 4 is 17.8 Å². The molecule has 3 N–H and O–H groups in total. The molecule has 0 saturated carbocycles. The number of aliphatic hydroxyl groups excluding tert-OH is 1. The van der Waals surface area contributed by atoms with E-state index in [-0.39, 0.29) is 37.9 Å². The van der Waals surface area contributed by atoms with Crippen molar-refractivity contribution in [3.05, 3.63) is 18.0 Å². The van der Waals surface area contributed by atoms with Crippen molar-refractivity contribution in [2.24, 2.45) is 0 Å². The molecule has 9 nitrogen and oxygen atoms in total. The van der Waals surface area contributed by atoms with Gasteiger partial charge in [0.2, 0.25) is 11.9 Å². The monoisotopic (exact) mass is 337 g/mol. The maximum Gasteiger partial charge on any atom is 0.257 e. The average Bonchev–Trinajstić information content (AvgIpc) is 2.55. The largest absolute Gasteiger partial charge is 0.388 e. The van der Waals surface area contributed by atoms with Gasteiger partial charge in [0.25, 0.3) is 5.91 Å². The van der Waals surface area contributed by atoms with Crippen LogP contribution in [-0.4, -0.2) is 82.3 Å². The third kappa shape index (κ3) is 3.98. The minimum Gasteiger partial charge on any atom is -0.388 e. The number of nitrogens with one attached hydrogen (secondary N) is 1. The van der Waals surface area contributed by atoms with Crippen LogP contribution in [0, 0.1) is 0 Å². The van der Waals surface area contributed by atoms with E-state index in [0.717, 1.165) is 0 Å². The quantitative estimate of drug-likeness (QED) is 0.619. The van der Waals surface area contributed by atoms with Gasteiger partial charge in [-0.1, -0.05) is 0 Å². The van der Waals surface area contributed by atoms with E-state index in [4.69, 9.17) is 0 Å². The van der Waals surface area contributed by atoms with Gasteiger partial charge in [0.15, 0.2) is 0 Å². The summed E-state index contributed by atoms with van der Waals surface area (Å²) in [6.07, 6.45) is 1.89. The molecule has 2 atom stereocenters. The van der Waals surface area contributed by atoms with E-state index in [9.17, 15) is 19.8 Å². The van der Waals surface area contributed by atoms with E-state index in [1.807, 2.05) is 0 Å². The van der Waals surface area contributed by atoms with Gasteiger partial charge >= 0.3 is 0 Å². The van der Waals surface area contributed by atoms with E-state index in [0.29, 0.717) is 11.5 Å². The smallest absolute Gasteiger partial charge is 0.257 e. The Balaban J connectivity index is 2.01. The number of aromatic nitrogens is 2. The van der Waals surface area contributed by atoms with Crippen molar-refractivity contribution in [2.45, 2.75) is 25.0 Å². The number of hydrogen-bond acceptors (Lipinski definition) is 7. The van der Waals surface area contributed by atoms with E-state index in [1.54, 1.807) is 19.0 Å². The molecule has 0 bridgehead atoms. The first kappa shape index (κ1) is 18.1. The third-order valence-corrected chi connectivity index (χ3v) is 4.04. The fraction of sp³-hybridized carbons (Fsp3) is 0.600. The van der Waals surface area contributed by atoms with Crippen LogP contribution in [0.3, 0.4) is 0 Å². The second-order valence-electron chi connectivity index (χ2n) is 6.20. The first-order valence-corrected chi connectivity index (χ1v) is 7.66. The SMILES string of the molecule is CC(=O)NC[C@]1(O)CCN(C(=O)c2cnc(N(C)C)nc2)C[C@H]1O. The standard InChI is InChI=1S/C15H23N5O4/c1-10(21)18-9-15(24)4-5-20(8-12(15)22)13(23)11-6-16-14(17-7-11)19(2)3/h6-7,12,22,24H,4-5,8-9H2,1-3H3,(H,18,21)/t12-,15-/m1/s1. The number of carbonyl (C=O) groups excluding carboxylic acids is 2. The van der Waals surface area contributed by atoms with Gasteiger partial charge in [0, 0.05) is 53.0 Å². The lowest BCUT2D eigenvalue weighted by atomic mass is 9.88. The van der Waals surface area contributed by atoms with E-state index >= 15 is 0 Å². The summed E-state index contributed by atoms with van der Waals surface area (Å²) < 4.78 is 0. The highest BCUT2D eigenvalue weighted by molar-refractivity contribution is 5.93. The molecule has 0 aromatic carbocycles. The Morgan fingerprint density at radius 2 is 2.04 bits per heavy atom. The molecule has 2 rings (SSSR count). The van der Waals surface area contributed by atoms with E-state index < -0.39 is 11.7 Å². The predicted octanol–water partition coefficient (Wildman–Crippen LogP) is -1.38. The van der Waals surface area contributed by atoms with Crippen molar-refractivity contribution in [3.63, 3.8) is 0 Å². The highest BCUT2D eigenvalue weighted by Crippen LogP contribution is 2.23. The molecule has 0 aliphatic carbocycles. The lowest BCUT2D eigenvalue weighted by Gasteiger charge is -2.42. The molecule has 1 aromatic rings. The fourth-order valence-electron chi connectivity index (χ4n) is 2.48. The van der Waals surface area contributed by atoms with Gasteiger partial charge in [0.05, 0.1) is 5.56 Å². The zero-order valence-corrected chi connectivity index (χ0v) is 14.1. The normalized spacial score (nSPS) is 23.7. The Labute approximate surface area is 140 Å². The Morgan fingerprint density at radius 3 is 2.54 bits per heavy atom. The molecule has 0 unspecified atom stereocenters. The van der Waals surface area contributed by atoms with Gasteiger partial charge in [-0.25, -0.2) is 9.97 Å². The van der Waals surface area contributed by atoms with Crippen LogP contribution in [0.1, 0.15) is 23.7 Å². The zero-order chi connectivity index (χ0) is 17.9. The summed E-state index contributed by atoms with van der Waals surface area (Å²) in [5.74, 6) is -0.0943. The summed E-state index contributed by atoms with van der Waals surface area (Å²) in [5.41, 5.74) is -1.12. The van der Waals surface area contributed by atoms with Crippen molar-refractivity contribution in [1.29, 1.82) is 0 Å². The van der Waals surface area contributed by atoms with Crippen LogP contribution in [0.2, 0.25) is 0 Å².